The Bertz CT molecular complexity index is 760. The van der Waals surface area contributed by atoms with Gasteiger partial charge in [-0.15, -0.1) is 0 Å². The summed E-state index contributed by atoms with van der Waals surface area (Å²) in [6.45, 7) is 0. The number of rotatable bonds is 5. The van der Waals surface area contributed by atoms with Crippen LogP contribution in [-0.2, 0) is 0 Å². The second-order valence-corrected chi connectivity index (χ2v) is 5.66. The van der Waals surface area contributed by atoms with Gasteiger partial charge < -0.3 is 0 Å². The highest BCUT2D eigenvalue weighted by Crippen LogP contribution is 2.20. The van der Waals surface area contributed by atoms with E-state index < -0.39 is 0 Å². The van der Waals surface area contributed by atoms with Gasteiger partial charge in [0.2, 0.25) is 0 Å². The molecule has 0 atom stereocenters. The van der Waals surface area contributed by atoms with Crippen molar-refractivity contribution in [3.63, 3.8) is 0 Å². The molecule has 1 heterocycles. The Hall–Kier alpha value is -2.46. The monoisotopic (exact) mass is 306 g/mol. The molecule has 0 saturated carbocycles. The van der Waals surface area contributed by atoms with Gasteiger partial charge in [-0.1, -0.05) is 72.4 Å². The summed E-state index contributed by atoms with van der Waals surface area (Å²) in [5.41, 5.74) is 1.70. The van der Waals surface area contributed by atoms with Crippen LogP contribution in [0.1, 0.15) is 10.4 Å². The van der Waals surface area contributed by atoms with Crippen LogP contribution in [0.3, 0.4) is 0 Å². The maximum absolute atomic E-state index is 12.1. The van der Waals surface area contributed by atoms with E-state index in [0.717, 1.165) is 16.2 Å². The molecule has 0 unspecified atom stereocenters. The minimum absolute atomic E-state index is 0.102. The second kappa shape index (κ2) is 7.00. The summed E-state index contributed by atoms with van der Waals surface area (Å²) >= 11 is 1.43. The summed E-state index contributed by atoms with van der Waals surface area (Å²) in [4.78, 5) is 20.9. The molecule has 108 valence electrons. The molecule has 0 saturated heterocycles. The van der Waals surface area contributed by atoms with Crippen LogP contribution in [0.5, 0.6) is 0 Å². The highest BCUT2D eigenvalue weighted by Gasteiger charge is 2.08. The molecule has 1 aromatic heterocycles. The van der Waals surface area contributed by atoms with Crippen molar-refractivity contribution < 1.29 is 4.79 Å². The van der Waals surface area contributed by atoms with Crippen LogP contribution >= 0.6 is 11.8 Å². The van der Waals surface area contributed by atoms with Crippen molar-refractivity contribution in [2.75, 3.05) is 5.75 Å². The zero-order valence-corrected chi connectivity index (χ0v) is 12.7. The third-order valence-corrected chi connectivity index (χ3v) is 4.04. The van der Waals surface area contributed by atoms with Gasteiger partial charge in [-0.2, -0.15) is 0 Å². The predicted molar refractivity (Wildman–Crippen MR) is 89.0 cm³/mol. The lowest BCUT2D eigenvalue weighted by molar-refractivity contribution is 0.102. The molecular weight excluding hydrogens is 292 g/mol. The minimum atomic E-state index is 0.102. The first-order valence-corrected chi connectivity index (χ1v) is 7.91. The number of benzene rings is 2. The Kier molecular flexibility index (Phi) is 4.61. The Morgan fingerprint density at radius 1 is 0.909 bits per heavy atom. The first kappa shape index (κ1) is 14.5. The molecule has 0 aliphatic rings. The summed E-state index contributed by atoms with van der Waals surface area (Å²) < 4.78 is 0. The fraction of sp³-hybridized carbons (Fsp3) is 0.0556. The minimum Gasteiger partial charge on any atom is -0.293 e. The summed E-state index contributed by atoms with van der Waals surface area (Å²) in [6, 6.07) is 21.0. The number of thioether (sulfide) groups is 1. The van der Waals surface area contributed by atoms with Crippen LogP contribution in [0.25, 0.3) is 11.4 Å². The molecule has 0 fully saturated rings. The molecule has 0 aliphatic carbocycles. The van der Waals surface area contributed by atoms with E-state index in [4.69, 9.17) is 0 Å². The van der Waals surface area contributed by atoms with Gasteiger partial charge in [0.05, 0.1) is 5.75 Å². The Balaban J connectivity index is 1.70. The van der Waals surface area contributed by atoms with Gasteiger partial charge in [-0.05, 0) is 6.07 Å². The van der Waals surface area contributed by atoms with Gasteiger partial charge in [0, 0.05) is 17.3 Å². The van der Waals surface area contributed by atoms with E-state index in [2.05, 4.69) is 9.97 Å². The van der Waals surface area contributed by atoms with Gasteiger partial charge in [-0.25, -0.2) is 9.97 Å². The zero-order valence-electron chi connectivity index (χ0n) is 11.8. The summed E-state index contributed by atoms with van der Waals surface area (Å²) in [5.74, 6) is 1.15. The summed E-state index contributed by atoms with van der Waals surface area (Å²) in [6.07, 6.45) is 1.73. The molecule has 2 aromatic carbocycles. The molecule has 22 heavy (non-hydrogen) atoms. The van der Waals surface area contributed by atoms with Crippen LogP contribution in [0.2, 0.25) is 0 Å². The normalized spacial score (nSPS) is 10.4. The number of carbonyl (C=O) groups is 1. The van der Waals surface area contributed by atoms with Crippen molar-refractivity contribution in [2.24, 2.45) is 0 Å². The van der Waals surface area contributed by atoms with Crippen LogP contribution in [0.4, 0.5) is 0 Å². The number of hydrogen-bond donors (Lipinski definition) is 0. The maximum Gasteiger partial charge on any atom is 0.173 e. The van der Waals surface area contributed by atoms with Crippen LogP contribution in [-0.4, -0.2) is 21.5 Å². The molecule has 0 spiro atoms. The van der Waals surface area contributed by atoms with Crippen molar-refractivity contribution in [2.45, 2.75) is 5.03 Å². The lowest BCUT2D eigenvalue weighted by atomic mass is 10.2. The van der Waals surface area contributed by atoms with E-state index in [1.807, 2.05) is 66.7 Å². The summed E-state index contributed by atoms with van der Waals surface area (Å²) in [5, 5.41) is 0.804. The summed E-state index contributed by atoms with van der Waals surface area (Å²) in [7, 11) is 0. The zero-order chi connectivity index (χ0) is 15.2. The van der Waals surface area contributed by atoms with Gasteiger partial charge in [0.1, 0.15) is 5.03 Å². The Morgan fingerprint density at radius 2 is 1.59 bits per heavy atom. The molecule has 3 rings (SSSR count). The molecule has 0 amide bonds. The molecular formula is C18H14N2OS. The number of aromatic nitrogens is 2. The first-order valence-electron chi connectivity index (χ1n) is 6.92. The highest BCUT2D eigenvalue weighted by molar-refractivity contribution is 7.99. The smallest absolute Gasteiger partial charge is 0.173 e. The molecule has 4 heteroatoms. The molecule has 3 aromatic rings. The van der Waals surface area contributed by atoms with Gasteiger partial charge in [0.25, 0.3) is 0 Å². The average molecular weight is 306 g/mol. The van der Waals surface area contributed by atoms with Gasteiger partial charge in [0.15, 0.2) is 11.6 Å². The van der Waals surface area contributed by atoms with E-state index in [0.29, 0.717) is 11.6 Å². The standard InChI is InChI=1S/C18H14N2OS/c21-16(14-7-3-1-4-8-14)13-22-17-11-12-19-18(20-17)15-9-5-2-6-10-15/h1-12H,13H2. The largest absolute Gasteiger partial charge is 0.293 e. The van der Waals surface area contributed by atoms with E-state index in [1.165, 1.54) is 11.8 Å². The third kappa shape index (κ3) is 3.59. The fourth-order valence-corrected chi connectivity index (χ4v) is 2.75. The lowest BCUT2D eigenvalue weighted by Crippen LogP contribution is -2.02. The second-order valence-electron chi connectivity index (χ2n) is 4.66. The van der Waals surface area contributed by atoms with Gasteiger partial charge in [-0.3, -0.25) is 4.79 Å². The molecule has 0 aliphatic heterocycles. The van der Waals surface area contributed by atoms with Crippen molar-refractivity contribution in [1.82, 2.24) is 9.97 Å². The van der Waals surface area contributed by atoms with Crippen molar-refractivity contribution in [3.8, 4) is 11.4 Å². The maximum atomic E-state index is 12.1. The Labute approximate surface area is 133 Å². The van der Waals surface area contributed by atoms with E-state index in [9.17, 15) is 4.79 Å². The van der Waals surface area contributed by atoms with E-state index in [1.54, 1.807) is 6.20 Å². The highest BCUT2D eigenvalue weighted by atomic mass is 32.2. The van der Waals surface area contributed by atoms with E-state index in [-0.39, 0.29) is 5.78 Å². The molecule has 0 bridgehead atoms. The van der Waals surface area contributed by atoms with Crippen LogP contribution < -0.4 is 0 Å². The SMILES string of the molecule is O=C(CSc1ccnc(-c2ccccc2)n1)c1ccccc1. The van der Waals surface area contributed by atoms with Crippen LogP contribution in [0, 0.1) is 0 Å². The Morgan fingerprint density at radius 3 is 2.32 bits per heavy atom. The van der Waals surface area contributed by atoms with Crippen molar-refractivity contribution >= 4 is 17.5 Å². The number of ketones is 1. The molecule has 0 radical (unpaired) electrons. The van der Waals surface area contributed by atoms with E-state index >= 15 is 0 Å². The number of hydrogen-bond acceptors (Lipinski definition) is 4. The quantitative estimate of drug-likeness (QED) is 0.404. The number of nitrogens with zero attached hydrogens (tertiary/aromatic N) is 2. The molecule has 3 nitrogen and oxygen atoms in total. The fourth-order valence-electron chi connectivity index (χ4n) is 2.00. The first-order chi connectivity index (χ1) is 10.8. The lowest BCUT2D eigenvalue weighted by Gasteiger charge is -2.04. The van der Waals surface area contributed by atoms with Crippen LogP contribution in [0.15, 0.2) is 78.0 Å². The van der Waals surface area contributed by atoms with Crippen molar-refractivity contribution in [1.29, 1.82) is 0 Å². The number of Topliss-reactive ketones (excluding diaryl/α,β-unsaturated/α-hetero) is 1. The third-order valence-electron chi connectivity index (χ3n) is 3.11. The number of carbonyl (C=O) groups excluding carboxylic acids is 1. The van der Waals surface area contributed by atoms with Crippen molar-refractivity contribution in [3.05, 3.63) is 78.5 Å². The molecule has 0 N–H and O–H groups in total. The topological polar surface area (TPSA) is 42.9 Å². The van der Waals surface area contributed by atoms with Gasteiger partial charge >= 0.3 is 0 Å². The average Bonchev–Trinajstić information content (AvgIpc) is 2.61. The predicted octanol–water partition coefficient (Wildman–Crippen LogP) is 4.12.